The molecule has 0 bridgehead atoms. The Morgan fingerprint density at radius 1 is 1.10 bits per heavy atom. The fraction of sp³-hybridized carbons (Fsp3) is 0.647. The molecular weight excluding hydrogens is 282 g/mol. The van der Waals surface area contributed by atoms with Gasteiger partial charge >= 0.3 is 0 Å². The van der Waals surface area contributed by atoms with Crippen LogP contribution in [-0.4, -0.2) is 20.7 Å². The molecule has 1 fully saturated rings. The van der Waals surface area contributed by atoms with Gasteiger partial charge in [-0.25, -0.2) is 8.42 Å². The van der Waals surface area contributed by atoms with Crippen LogP contribution in [0.1, 0.15) is 56.6 Å². The topological polar surface area (TPSA) is 46.2 Å². The van der Waals surface area contributed by atoms with Crippen molar-refractivity contribution in [1.29, 1.82) is 0 Å². The van der Waals surface area contributed by atoms with Crippen molar-refractivity contribution in [2.24, 2.45) is 5.92 Å². The van der Waals surface area contributed by atoms with Gasteiger partial charge in [-0.2, -0.15) is 0 Å². The third-order valence-corrected chi connectivity index (χ3v) is 6.77. The Morgan fingerprint density at radius 2 is 1.86 bits per heavy atom. The van der Waals surface area contributed by atoms with Gasteiger partial charge in [0, 0.05) is 6.04 Å². The molecule has 2 aliphatic rings. The summed E-state index contributed by atoms with van der Waals surface area (Å²) in [5.41, 5.74) is 0.963. The number of sulfone groups is 1. The number of benzene rings is 1. The molecule has 1 aromatic carbocycles. The fourth-order valence-corrected chi connectivity index (χ4v) is 5.39. The van der Waals surface area contributed by atoms with Gasteiger partial charge in [0.2, 0.25) is 0 Å². The lowest BCUT2D eigenvalue weighted by atomic mass is 10.0. The Labute approximate surface area is 128 Å². The minimum Gasteiger partial charge on any atom is -0.310 e. The van der Waals surface area contributed by atoms with Crippen molar-refractivity contribution in [2.75, 3.05) is 12.3 Å². The Bertz CT molecular complexity index is 576. The van der Waals surface area contributed by atoms with Gasteiger partial charge in [-0.3, -0.25) is 0 Å². The Morgan fingerprint density at radius 3 is 2.67 bits per heavy atom. The Balaban J connectivity index is 1.56. The van der Waals surface area contributed by atoms with Crippen LogP contribution in [0.3, 0.4) is 0 Å². The van der Waals surface area contributed by atoms with Crippen LogP contribution in [0.4, 0.5) is 0 Å². The molecular formula is C17H25NO2S. The molecule has 1 saturated carbocycles. The first-order valence-electron chi connectivity index (χ1n) is 8.22. The summed E-state index contributed by atoms with van der Waals surface area (Å²) in [4.78, 5) is 0.532. The quantitative estimate of drug-likeness (QED) is 0.847. The molecule has 1 N–H and O–H groups in total. The SMILES string of the molecule is O=S1(=O)CCC(NCCCC2CCCC2)c2ccccc21. The zero-order valence-corrected chi connectivity index (χ0v) is 13.4. The first-order valence-corrected chi connectivity index (χ1v) is 9.87. The van der Waals surface area contributed by atoms with Crippen LogP contribution < -0.4 is 5.32 Å². The average molecular weight is 307 g/mol. The zero-order valence-electron chi connectivity index (χ0n) is 12.6. The van der Waals surface area contributed by atoms with E-state index < -0.39 is 9.84 Å². The van der Waals surface area contributed by atoms with E-state index in [0.29, 0.717) is 11.3 Å². The standard InChI is InChI=1S/C17H25NO2S/c19-21(20)13-11-16(15-9-3-4-10-17(15)21)18-12-5-8-14-6-1-2-7-14/h3-4,9-10,14,16,18H,1-2,5-8,11-13H2. The van der Waals surface area contributed by atoms with Crippen LogP contribution in [0.5, 0.6) is 0 Å². The van der Waals surface area contributed by atoms with Crippen molar-refractivity contribution in [3.8, 4) is 0 Å². The molecule has 3 rings (SSSR count). The van der Waals surface area contributed by atoms with Crippen LogP contribution in [0.25, 0.3) is 0 Å². The van der Waals surface area contributed by atoms with E-state index in [-0.39, 0.29) is 11.8 Å². The fourth-order valence-electron chi connectivity index (χ4n) is 3.77. The van der Waals surface area contributed by atoms with Gasteiger partial charge in [-0.05, 0) is 43.4 Å². The van der Waals surface area contributed by atoms with Gasteiger partial charge in [0.1, 0.15) is 0 Å². The van der Waals surface area contributed by atoms with Crippen LogP contribution in [0.15, 0.2) is 29.2 Å². The maximum atomic E-state index is 12.1. The van der Waals surface area contributed by atoms with E-state index in [1.807, 2.05) is 18.2 Å². The predicted molar refractivity (Wildman–Crippen MR) is 85.0 cm³/mol. The highest BCUT2D eigenvalue weighted by atomic mass is 32.2. The third kappa shape index (κ3) is 3.49. The zero-order chi connectivity index (χ0) is 14.7. The second kappa shape index (κ2) is 6.49. The number of fused-ring (bicyclic) bond motifs is 1. The lowest BCUT2D eigenvalue weighted by Crippen LogP contribution is -2.30. The Hall–Kier alpha value is -0.870. The van der Waals surface area contributed by atoms with Crippen molar-refractivity contribution < 1.29 is 8.42 Å². The lowest BCUT2D eigenvalue weighted by Gasteiger charge is -2.26. The molecule has 116 valence electrons. The van der Waals surface area contributed by atoms with E-state index in [4.69, 9.17) is 0 Å². The molecule has 0 saturated heterocycles. The van der Waals surface area contributed by atoms with E-state index in [0.717, 1.165) is 18.0 Å². The summed E-state index contributed by atoms with van der Waals surface area (Å²) >= 11 is 0. The van der Waals surface area contributed by atoms with Gasteiger partial charge in [-0.15, -0.1) is 0 Å². The van der Waals surface area contributed by atoms with Crippen LogP contribution in [0.2, 0.25) is 0 Å². The van der Waals surface area contributed by atoms with Crippen molar-refractivity contribution in [3.05, 3.63) is 29.8 Å². The van der Waals surface area contributed by atoms with Crippen LogP contribution in [-0.2, 0) is 9.84 Å². The summed E-state index contributed by atoms with van der Waals surface area (Å²) in [5, 5.41) is 3.58. The molecule has 21 heavy (non-hydrogen) atoms. The molecule has 1 heterocycles. The number of rotatable bonds is 5. The predicted octanol–water partition coefficient (Wildman–Crippen LogP) is 3.47. The van der Waals surface area contributed by atoms with E-state index in [2.05, 4.69) is 5.32 Å². The summed E-state index contributed by atoms with van der Waals surface area (Å²) in [7, 11) is -3.06. The highest BCUT2D eigenvalue weighted by molar-refractivity contribution is 7.91. The van der Waals surface area contributed by atoms with E-state index in [1.165, 1.54) is 38.5 Å². The van der Waals surface area contributed by atoms with Gasteiger partial charge < -0.3 is 5.32 Å². The summed E-state index contributed by atoms with van der Waals surface area (Å²) < 4.78 is 24.2. The molecule has 4 heteroatoms. The molecule has 1 atom stereocenters. The maximum Gasteiger partial charge on any atom is 0.178 e. The van der Waals surface area contributed by atoms with E-state index in [9.17, 15) is 8.42 Å². The second-order valence-electron chi connectivity index (χ2n) is 6.44. The maximum absolute atomic E-state index is 12.1. The minimum atomic E-state index is -3.06. The third-order valence-electron chi connectivity index (χ3n) is 4.96. The average Bonchev–Trinajstić information content (AvgIpc) is 2.99. The monoisotopic (exact) mass is 307 g/mol. The van der Waals surface area contributed by atoms with Gasteiger partial charge in [0.05, 0.1) is 10.6 Å². The summed E-state index contributed by atoms with van der Waals surface area (Å²) in [6, 6.07) is 7.66. The van der Waals surface area contributed by atoms with Gasteiger partial charge in [0.15, 0.2) is 9.84 Å². The van der Waals surface area contributed by atoms with E-state index in [1.54, 1.807) is 6.07 Å². The van der Waals surface area contributed by atoms with Crippen LogP contribution >= 0.6 is 0 Å². The molecule has 1 aromatic rings. The normalized spacial score (nSPS) is 24.9. The summed E-state index contributed by atoms with van der Waals surface area (Å²) in [6.07, 6.45) is 8.85. The number of nitrogens with one attached hydrogen (secondary N) is 1. The molecule has 1 aliphatic carbocycles. The number of hydrogen-bond donors (Lipinski definition) is 1. The highest BCUT2D eigenvalue weighted by Crippen LogP contribution is 2.32. The summed E-state index contributed by atoms with van der Waals surface area (Å²) in [5.74, 6) is 1.20. The minimum absolute atomic E-state index is 0.202. The largest absolute Gasteiger partial charge is 0.310 e. The molecule has 0 aromatic heterocycles. The van der Waals surface area contributed by atoms with Gasteiger partial charge in [0.25, 0.3) is 0 Å². The van der Waals surface area contributed by atoms with Crippen molar-refractivity contribution in [1.82, 2.24) is 5.32 Å². The van der Waals surface area contributed by atoms with Gasteiger partial charge in [-0.1, -0.05) is 43.9 Å². The molecule has 0 spiro atoms. The highest BCUT2D eigenvalue weighted by Gasteiger charge is 2.29. The van der Waals surface area contributed by atoms with Crippen molar-refractivity contribution in [2.45, 2.75) is 55.9 Å². The molecule has 3 nitrogen and oxygen atoms in total. The first kappa shape index (κ1) is 15.0. The van der Waals surface area contributed by atoms with E-state index >= 15 is 0 Å². The van der Waals surface area contributed by atoms with Crippen LogP contribution in [0, 0.1) is 5.92 Å². The molecule has 1 unspecified atom stereocenters. The Kier molecular flexibility index (Phi) is 4.65. The molecule has 0 amide bonds. The van der Waals surface area contributed by atoms with Crippen molar-refractivity contribution >= 4 is 9.84 Å². The number of hydrogen-bond acceptors (Lipinski definition) is 3. The first-order chi connectivity index (χ1) is 10.2. The molecule has 0 radical (unpaired) electrons. The molecule has 1 aliphatic heterocycles. The van der Waals surface area contributed by atoms with Crippen molar-refractivity contribution in [3.63, 3.8) is 0 Å². The lowest BCUT2D eigenvalue weighted by molar-refractivity contribution is 0.437. The summed E-state index contributed by atoms with van der Waals surface area (Å²) in [6.45, 7) is 0.996. The smallest absolute Gasteiger partial charge is 0.178 e. The second-order valence-corrected chi connectivity index (χ2v) is 8.52.